The van der Waals surface area contributed by atoms with Gasteiger partial charge in [-0.2, -0.15) is 5.10 Å². The number of methoxy groups -OCH3 is 1. The van der Waals surface area contributed by atoms with E-state index in [1.807, 2.05) is 36.1 Å². The molecule has 8 heteroatoms. The molecule has 0 bridgehead atoms. The van der Waals surface area contributed by atoms with Gasteiger partial charge < -0.3 is 20.1 Å². The van der Waals surface area contributed by atoms with Crippen LogP contribution >= 0.6 is 0 Å². The maximum atomic E-state index is 5.55. The van der Waals surface area contributed by atoms with Crippen molar-refractivity contribution in [2.24, 2.45) is 4.99 Å². The molecule has 2 heterocycles. The molecule has 2 aromatic rings. The molecule has 3 rings (SSSR count). The van der Waals surface area contributed by atoms with Gasteiger partial charge in [0.25, 0.3) is 0 Å². The van der Waals surface area contributed by atoms with E-state index in [9.17, 15) is 0 Å². The van der Waals surface area contributed by atoms with Crippen LogP contribution in [0.15, 0.2) is 41.7 Å². The van der Waals surface area contributed by atoms with Crippen molar-refractivity contribution >= 4 is 5.96 Å². The number of nitrogens with one attached hydrogen (secondary N) is 2. The summed E-state index contributed by atoms with van der Waals surface area (Å²) >= 11 is 0. The summed E-state index contributed by atoms with van der Waals surface area (Å²) in [5.74, 6) is 1.69. The topological polar surface area (TPSA) is 75.9 Å². The predicted octanol–water partition coefficient (Wildman–Crippen LogP) is 1.83. The van der Waals surface area contributed by atoms with E-state index in [1.165, 1.54) is 11.1 Å². The first kappa shape index (κ1) is 22.1. The van der Waals surface area contributed by atoms with Gasteiger partial charge in [-0.05, 0) is 37.1 Å². The zero-order valence-corrected chi connectivity index (χ0v) is 18.3. The van der Waals surface area contributed by atoms with Crippen molar-refractivity contribution in [3.05, 3.63) is 47.8 Å². The predicted molar refractivity (Wildman–Crippen MR) is 119 cm³/mol. The molecule has 1 saturated heterocycles. The van der Waals surface area contributed by atoms with E-state index < -0.39 is 0 Å². The van der Waals surface area contributed by atoms with Crippen LogP contribution in [-0.2, 0) is 11.3 Å². The summed E-state index contributed by atoms with van der Waals surface area (Å²) in [5, 5.41) is 11.1. The molecule has 1 aliphatic heterocycles. The molecule has 0 spiro atoms. The number of morpholine rings is 1. The van der Waals surface area contributed by atoms with Crippen LogP contribution in [0.2, 0.25) is 0 Å². The van der Waals surface area contributed by atoms with Gasteiger partial charge in [-0.1, -0.05) is 12.1 Å². The van der Waals surface area contributed by atoms with Crippen LogP contribution in [0, 0.1) is 6.92 Å². The number of aromatic nitrogens is 2. The highest BCUT2D eigenvalue weighted by molar-refractivity contribution is 5.79. The first-order valence-electron chi connectivity index (χ1n) is 10.7. The molecule has 1 unspecified atom stereocenters. The fourth-order valence-electron chi connectivity index (χ4n) is 3.54. The van der Waals surface area contributed by atoms with Crippen molar-refractivity contribution in [1.82, 2.24) is 25.3 Å². The molecule has 0 amide bonds. The molecular formula is C22H34N6O2. The monoisotopic (exact) mass is 414 g/mol. The lowest BCUT2D eigenvalue weighted by Crippen LogP contribution is -2.42. The Balaban J connectivity index is 1.66. The minimum absolute atomic E-state index is 0.198. The number of nitrogens with zero attached hydrogens (tertiary/aromatic N) is 4. The lowest BCUT2D eigenvalue weighted by molar-refractivity contribution is 0.0179. The average molecular weight is 415 g/mol. The van der Waals surface area contributed by atoms with Gasteiger partial charge in [0.05, 0.1) is 45.7 Å². The van der Waals surface area contributed by atoms with Gasteiger partial charge in [0.2, 0.25) is 0 Å². The number of aryl methyl sites for hydroxylation is 1. The highest BCUT2D eigenvalue weighted by Gasteiger charge is 2.22. The molecule has 8 nitrogen and oxygen atoms in total. The largest absolute Gasteiger partial charge is 0.497 e. The maximum Gasteiger partial charge on any atom is 0.191 e. The van der Waals surface area contributed by atoms with Gasteiger partial charge in [0.15, 0.2) is 5.96 Å². The van der Waals surface area contributed by atoms with E-state index in [1.54, 1.807) is 7.11 Å². The number of ether oxygens (including phenoxy) is 2. The second kappa shape index (κ2) is 11.6. The smallest absolute Gasteiger partial charge is 0.191 e. The molecule has 1 aliphatic rings. The molecule has 0 saturated carbocycles. The van der Waals surface area contributed by atoms with Gasteiger partial charge in [-0.15, -0.1) is 0 Å². The quantitative estimate of drug-likeness (QED) is 0.482. The number of rotatable bonds is 9. The Kier molecular flexibility index (Phi) is 8.53. The van der Waals surface area contributed by atoms with Crippen LogP contribution in [0.4, 0.5) is 0 Å². The molecule has 0 radical (unpaired) electrons. The summed E-state index contributed by atoms with van der Waals surface area (Å²) in [6.07, 6.45) is 3.92. The fraction of sp³-hybridized carbons (Fsp3) is 0.545. The zero-order chi connectivity index (χ0) is 21.2. The fourth-order valence-corrected chi connectivity index (χ4v) is 3.54. The van der Waals surface area contributed by atoms with Crippen LogP contribution in [0.25, 0.3) is 0 Å². The maximum absolute atomic E-state index is 5.55. The normalized spacial score (nSPS) is 16.3. The van der Waals surface area contributed by atoms with Gasteiger partial charge in [-0.25, -0.2) is 0 Å². The van der Waals surface area contributed by atoms with E-state index in [-0.39, 0.29) is 6.04 Å². The van der Waals surface area contributed by atoms with Crippen LogP contribution in [0.1, 0.15) is 24.1 Å². The van der Waals surface area contributed by atoms with E-state index in [4.69, 9.17) is 14.5 Å². The Morgan fingerprint density at radius 1 is 1.23 bits per heavy atom. The van der Waals surface area contributed by atoms with Crippen LogP contribution in [0.3, 0.4) is 0 Å². The van der Waals surface area contributed by atoms with Crippen LogP contribution < -0.4 is 15.4 Å². The Bertz CT molecular complexity index is 783. The minimum Gasteiger partial charge on any atom is -0.497 e. The lowest BCUT2D eigenvalue weighted by atomic mass is 10.0. The van der Waals surface area contributed by atoms with Crippen molar-refractivity contribution in [2.45, 2.75) is 26.4 Å². The second-order valence-corrected chi connectivity index (χ2v) is 7.36. The summed E-state index contributed by atoms with van der Waals surface area (Å²) in [7, 11) is 1.69. The second-order valence-electron chi connectivity index (χ2n) is 7.36. The third-order valence-electron chi connectivity index (χ3n) is 5.15. The Morgan fingerprint density at radius 3 is 2.63 bits per heavy atom. The van der Waals surface area contributed by atoms with Gasteiger partial charge >= 0.3 is 0 Å². The van der Waals surface area contributed by atoms with Crippen LogP contribution in [0.5, 0.6) is 5.75 Å². The van der Waals surface area contributed by atoms with Crippen LogP contribution in [-0.4, -0.2) is 73.7 Å². The van der Waals surface area contributed by atoms with Gasteiger partial charge in [0.1, 0.15) is 5.75 Å². The third-order valence-corrected chi connectivity index (χ3v) is 5.15. The molecule has 30 heavy (non-hydrogen) atoms. The van der Waals surface area contributed by atoms with E-state index in [2.05, 4.69) is 39.7 Å². The zero-order valence-electron chi connectivity index (χ0n) is 18.3. The SMILES string of the molecule is CCNC(=NCC(c1ccc(OC)cc1)N1CCOCC1)NCCn1cc(C)cn1. The number of benzene rings is 1. The molecule has 1 fully saturated rings. The Hall–Kier alpha value is -2.58. The molecule has 1 atom stereocenters. The first-order valence-corrected chi connectivity index (χ1v) is 10.7. The number of aliphatic imine (C=N–C) groups is 1. The van der Waals surface area contributed by atoms with E-state index in [0.29, 0.717) is 6.54 Å². The summed E-state index contributed by atoms with van der Waals surface area (Å²) < 4.78 is 12.8. The van der Waals surface area contributed by atoms with E-state index in [0.717, 1.165) is 57.6 Å². The van der Waals surface area contributed by atoms with Gasteiger partial charge in [-0.3, -0.25) is 14.6 Å². The average Bonchev–Trinajstić information content (AvgIpc) is 3.20. The third kappa shape index (κ3) is 6.47. The first-order chi connectivity index (χ1) is 14.7. The van der Waals surface area contributed by atoms with Crippen molar-refractivity contribution in [3.8, 4) is 5.75 Å². The number of guanidine groups is 1. The lowest BCUT2D eigenvalue weighted by Gasteiger charge is -2.34. The van der Waals surface area contributed by atoms with Crippen molar-refractivity contribution < 1.29 is 9.47 Å². The highest BCUT2D eigenvalue weighted by Crippen LogP contribution is 2.24. The van der Waals surface area contributed by atoms with Crippen molar-refractivity contribution in [1.29, 1.82) is 0 Å². The highest BCUT2D eigenvalue weighted by atomic mass is 16.5. The summed E-state index contributed by atoms with van der Waals surface area (Å²) in [6, 6.07) is 8.50. The molecule has 164 valence electrons. The molecule has 0 aliphatic carbocycles. The molecular weight excluding hydrogens is 380 g/mol. The minimum atomic E-state index is 0.198. The van der Waals surface area contributed by atoms with Crippen molar-refractivity contribution in [2.75, 3.05) is 53.0 Å². The standard InChI is InChI=1S/C22H34N6O2/c1-4-23-22(24-9-10-28-17-18(2)15-26-28)25-16-21(27-11-13-30-14-12-27)19-5-7-20(29-3)8-6-19/h5-8,15,17,21H,4,9-14,16H2,1-3H3,(H2,23,24,25). The number of hydrogen-bond donors (Lipinski definition) is 2. The van der Waals surface area contributed by atoms with Crippen molar-refractivity contribution in [3.63, 3.8) is 0 Å². The summed E-state index contributed by atoms with van der Waals surface area (Å²) in [4.78, 5) is 7.34. The summed E-state index contributed by atoms with van der Waals surface area (Å²) in [5.41, 5.74) is 2.41. The Labute approximate surface area is 179 Å². The molecule has 1 aromatic carbocycles. The Morgan fingerprint density at radius 2 is 2.00 bits per heavy atom. The number of hydrogen-bond acceptors (Lipinski definition) is 5. The van der Waals surface area contributed by atoms with Gasteiger partial charge in [0, 0.05) is 32.4 Å². The molecule has 2 N–H and O–H groups in total. The van der Waals surface area contributed by atoms with E-state index >= 15 is 0 Å². The molecule has 1 aromatic heterocycles. The summed E-state index contributed by atoms with van der Waals surface area (Å²) in [6.45, 7) is 10.5.